The second kappa shape index (κ2) is 12.6. The number of amides is 1. The van der Waals surface area contributed by atoms with E-state index in [1.165, 1.54) is 5.56 Å². The van der Waals surface area contributed by atoms with Gasteiger partial charge in [-0.3, -0.25) is 9.69 Å². The Labute approximate surface area is 210 Å². The van der Waals surface area contributed by atoms with Crippen LogP contribution in [0, 0.1) is 0 Å². The smallest absolute Gasteiger partial charge is 0.243 e. The highest BCUT2D eigenvalue weighted by Gasteiger charge is 2.25. The molecule has 1 N–H and O–H groups in total. The fraction of sp³-hybridized carbons (Fsp3) is 0.519. The van der Waals surface area contributed by atoms with Crippen molar-refractivity contribution < 1.29 is 13.2 Å². The monoisotopic (exact) mass is 498 g/mol. The lowest BCUT2D eigenvalue weighted by molar-refractivity contribution is -0.120. The van der Waals surface area contributed by atoms with Crippen LogP contribution in [-0.2, 0) is 27.8 Å². The molecule has 2 heterocycles. The quantitative estimate of drug-likeness (QED) is 0.510. The second-order valence-electron chi connectivity index (χ2n) is 9.59. The van der Waals surface area contributed by atoms with Crippen molar-refractivity contribution in [1.82, 2.24) is 19.4 Å². The van der Waals surface area contributed by atoms with E-state index in [4.69, 9.17) is 0 Å². The summed E-state index contributed by atoms with van der Waals surface area (Å²) in [7, 11) is -3.43. The van der Waals surface area contributed by atoms with Crippen molar-refractivity contribution in [3.05, 3.63) is 65.7 Å². The third-order valence-electron chi connectivity index (χ3n) is 6.93. The first-order chi connectivity index (χ1) is 17.0. The molecule has 0 spiro atoms. The van der Waals surface area contributed by atoms with Crippen LogP contribution in [0.2, 0.25) is 0 Å². The molecule has 190 valence electrons. The zero-order valence-electron chi connectivity index (χ0n) is 20.6. The minimum absolute atomic E-state index is 0.0238. The molecule has 8 heteroatoms. The number of rotatable bonds is 10. The van der Waals surface area contributed by atoms with Gasteiger partial charge in [0.1, 0.15) is 0 Å². The van der Waals surface area contributed by atoms with Gasteiger partial charge in [-0.1, -0.05) is 48.9 Å². The van der Waals surface area contributed by atoms with Gasteiger partial charge in [0.15, 0.2) is 0 Å². The lowest BCUT2D eigenvalue weighted by Crippen LogP contribution is -2.46. The van der Waals surface area contributed by atoms with E-state index in [0.29, 0.717) is 24.5 Å². The van der Waals surface area contributed by atoms with Gasteiger partial charge >= 0.3 is 0 Å². The molecule has 1 amide bonds. The number of benzene rings is 2. The number of nitrogens with zero attached hydrogens (tertiary/aromatic N) is 3. The molecule has 0 aromatic heterocycles. The van der Waals surface area contributed by atoms with Crippen molar-refractivity contribution in [2.45, 2.75) is 43.5 Å². The molecule has 0 bridgehead atoms. The summed E-state index contributed by atoms with van der Waals surface area (Å²) in [6, 6.07) is 17.4. The summed E-state index contributed by atoms with van der Waals surface area (Å²) in [6.07, 6.45) is 4.12. The van der Waals surface area contributed by atoms with Gasteiger partial charge in [0.25, 0.3) is 0 Å². The van der Waals surface area contributed by atoms with E-state index in [1.807, 2.05) is 0 Å². The molecule has 2 aromatic rings. The molecule has 2 fully saturated rings. The predicted molar refractivity (Wildman–Crippen MR) is 139 cm³/mol. The van der Waals surface area contributed by atoms with E-state index in [2.05, 4.69) is 45.4 Å². The highest BCUT2D eigenvalue weighted by atomic mass is 32.2. The third-order valence-corrected chi connectivity index (χ3v) is 8.84. The number of piperidine rings is 1. The standard InChI is InChI=1S/C27H38N4O3S/c32-27(22-24-10-12-26(13-11-24)35(33,34)31-16-5-2-6-17-31)28-14-7-15-29-18-20-30(21-19-29)23-25-8-3-1-4-9-25/h1,3-4,8-13H,2,5-7,14-23H2,(H,28,32). The van der Waals surface area contributed by atoms with Crippen molar-refractivity contribution in [2.75, 3.05) is 52.4 Å². The molecule has 0 radical (unpaired) electrons. The molecule has 2 aromatic carbocycles. The van der Waals surface area contributed by atoms with Crippen molar-refractivity contribution in [3.8, 4) is 0 Å². The molecule has 35 heavy (non-hydrogen) atoms. The van der Waals surface area contributed by atoms with E-state index < -0.39 is 10.0 Å². The Kier molecular flexibility index (Phi) is 9.31. The van der Waals surface area contributed by atoms with Crippen molar-refractivity contribution in [1.29, 1.82) is 0 Å². The van der Waals surface area contributed by atoms with Crippen molar-refractivity contribution >= 4 is 15.9 Å². The molecule has 0 atom stereocenters. The van der Waals surface area contributed by atoms with Gasteiger partial charge < -0.3 is 10.2 Å². The van der Waals surface area contributed by atoms with Gasteiger partial charge in [-0.25, -0.2) is 8.42 Å². The van der Waals surface area contributed by atoms with Gasteiger partial charge in [-0.15, -0.1) is 0 Å². The largest absolute Gasteiger partial charge is 0.356 e. The maximum atomic E-state index is 12.8. The van der Waals surface area contributed by atoms with Crippen LogP contribution < -0.4 is 5.32 Å². The average molecular weight is 499 g/mol. The first kappa shape index (κ1) is 25.8. The normalized spacial score (nSPS) is 18.4. The lowest BCUT2D eigenvalue weighted by Gasteiger charge is -2.34. The van der Waals surface area contributed by atoms with Gasteiger partial charge in [0.05, 0.1) is 11.3 Å². The fourth-order valence-corrected chi connectivity index (χ4v) is 6.34. The summed E-state index contributed by atoms with van der Waals surface area (Å²) in [4.78, 5) is 17.6. The fourth-order valence-electron chi connectivity index (χ4n) is 4.82. The number of sulfonamides is 1. The summed E-state index contributed by atoms with van der Waals surface area (Å²) >= 11 is 0. The molecule has 2 aliphatic heterocycles. The number of piperazine rings is 1. The number of nitrogens with one attached hydrogen (secondary N) is 1. The van der Waals surface area contributed by atoms with Crippen molar-refractivity contribution in [2.24, 2.45) is 0 Å². The van der Waals surface area contributed by atoms with Crippen LogP contribution in [0.4, 0.5) is 0 Å². The zero-order valence-corrected chi connectivity index (χ0v) is 21.4. The van der Waals surface area contributed by atoms with E-state index in [9.17, 15) is 13.2 Å². The minimum atomic E-state index is -3.43. The van der Waals surface area contributed by atoms with Crippen LogP contribution in [0.5, 0.6) is 0 Å². The number of hydrogen-bond donors (Lipinski definition) is 1. The van der Waals surface area contributed by atoms with Gasteiger partial charge in [-0.05, 0) is 49.1 Å². The summed E-state index contributed by atoms with van der Waals surface area (Å²) in [6.45, 7) is 8.12. The summed E-state index contributed by atoms with van der Waals surface area (Å²) in [5, 5.41) is 3.01. The first-order valence-corrected chi connectivity index (χ1v) is 14.3. The average Bonchev–Trinajstić information content (AvgIpc) is 2.89. The summed E-state index contributed by atoms with van der Waals surface area (Å²) in [5.74, 6) is -0.0238. The van der Waals surface area contributed by atoms with E-state index in [1.54, 1.807) is 28.6 Å². The maximum Gasteiger partial charge on any atom is 0.243 e. The van der Waals surface area contributed by atoms with Crippen LogP contribution in [0.3, 0.4) is 0 Å². The van der Waals surface area contributed by atoms with Gasteiger partial charge in [0, 0.05) is 52.4 Å². The number of carbonyl (C=O) groups is 1. The van der Waals surface area contributed by atoms with Crippen LogP contribution in [0.15, 0.2) is 59.5 Å². The topological polar surface area (TPSA) is 73.0 Å². The Balaban J connectivity index is 1.12. The minimum Gasteiger partial charge on any atom is -0.356 e. The SMILES string of the molecule is O=C(Cc1ccc(S(=O)(=O)N2CCCCC2)cc1)NCCCN1CCN(Cc2ccccc2)CC1. The van der Waals surface area contributed by atoms with Gasteiger partial charge in [0.2, 0.25) is 15.9 Å². The Hall–Kier alpha value is -2.26. The van der Waals surface area contributed by atoms with Gasteiger partial charge in [-0.2, -0.15) is 4.31 Å². The Morgan fingerprint density at radius 2 is 1.43 bits per heavy atom. The maximum absolute atomic E-state index is 12.8. The van der Waals surface area contributed by atoms with Crippen molar-refractivity contribution in [3.63, 3.8) is 0 Å². The molecular formula is C27H38N4O3S. The summed E-state index contributed by atoms with van der Waals surface area (Å²) < 4.78 is 27.1. The highest BCUT2D eigenvalue weighted by molar-refractivity contribution is 7.89. The molecule has 4 rings (SSSR count). The third kappa shape index (κ3) is 7.61. The molecule has 0 unspecified atom stereocenters. The summed E-state index contributed by atoms with van der Waals surface area (Å²) in [5.41, 5.74) is 2.19. The van der Waals surface area contributed by atoms with Crippen LogP contribution in [0.25, 0.3) is 0 Å². The molecule has 2 saturated heterocycles. The predicted octanol–water partition coefficient (Wildman–Crippen LogP) is 2.73. The van der Waals surface area contributed by atoms with Crippen LogP contribution in [-0.4, -0.2) is 80.8 Å². The molecule has 7 nitrogen and oxygen atoms in total. The van der Waals surface area contributed by atoms with Crippen LogP contribution in [0.1, 0.15) is 36.8 Å². The molecule has 2 aliphatic rings. The highest BCUT2D eigenvalue weighted by Crippen LogP contribution is 2.21. The first-order valence-electron chi connectivity index (χ1n) is 12.9. The molecular weight excluding hydrogens is 460 g/mol. The molecule has 0 aliphatic carbocycles. The van der Waals surface area contributed by atoms with Crippen LogP contribution >= 0.6 is 0 Å². The zero-order chi connectivity index (χ0) is 24.5. The Morgan fingerprint density at radius 3 is 2.11 bits per heavy atom. The molecule has 0 saturated carbocycles. The van der Waals surface area contributed by atoms with E-state index >= 15 is 0 Å². The van der Waals surface area contributed by atoms with E-state index in [0.717, 1.165) is 70.5 Å². The lowest BCUT2D eigenvalue weighted by atomic mass is 10.1. The number of hydrogen-bond acceptors (Lipinski definition) is 5. The number of carbonyl (C=O) groups excluding carboxylic acids is 1. The van der Waals surface area contributed by atoms with E-state index in [-0.39, 0.29) is 12.3 Å². The second-order valence-corrected chi connectivity index (χ2v) is 11.5. The Morgan fingerprint density at radius 1 is 0.771 bits per heavy atom. The Bertz CT molecular complexity index is 1030.